The molecule has 0 amide bonds. The zero-order valence-electron chi connectivity index (χ0n) is 14.7. The van der Waals surface area contributed by atoms with Gasteiger partial charge in [-0.3, -0.25) is 10.1 Å². The third-order valence-electron chi connectivity index (χ3n) is 4.83. The number of quaternary nitrogens is 1. The van der Waals surface area contributed by atoms with E-state index in [0.717, 1.165) is 37.4 Å². The lowest BCUT2D eigenvalue weighted by Gasteiger charge is -2.32. The van der Waals surface area contributed by atoms with Gasteiger partial charge in [0, 0.05) is 17.8 Å². The molecular formula is C19H25N4O2+. The van der Waals surface area contributed by atoms with Crippen molar-refractivity contribution >= 4 is 17.1 Å². The van der Waals surface area contributed by atoms with Gasteiger partial charge in [-0.05, 0) is 24.6 Å². The first-order valence-corrected chi connectivity index (χ1v) is 8.71. The van der Waals surface area contributed by atoms with E-state index < -0.39 is 0 Å². The standard InChI is InChI=1S/C19H24N4O2/c1-15(16-6-4-3-5-7-16)20-18-14-17(8-9-19(18)23(24)25)22-12-10-21(2)11-13-22/h3-9,14-15,20H,10-13H2,1-2H3/p+1/t15-/m0/s1. The van der Waals surface area contributed by atoms with Crippen LogP contribution in [0.4, 0.5) is 17.1 Å². The Balaban J connectivity index is 1.85. The number of anilines is 2. The van der Waals surface area contributed by atoms with Crippen molar-refractivity contribution < 1.29 is 9.82 Å². The molecule has 6 heteroatoms. The van der Waals surface area contributed by atoms with Gasteiger partial charge in [0.05, 0.1) is 38.2 Å². The molecule has 0 bridgehead atoms. The lowest BCUT2D eigenvalue weighted by atomic mass is 10.1. The molecule has 1 aliphatic heterocycles. The normalized spacial score (nSPS) is 16.5. The van der Waals surface area contributed by atoms with Crippen LogP contribution >= 0.6 is 0 Å². The molecule has 132 valence electrons. The Morgan fingerprint density at radius 3 is 2.48 bits per heavy atom. The summed E-state index contributed by atoms with van der Waals surface area (Å²) >= 11 is 0. The fourth-order valence-electron chi connectivity index (χ4n) is 3.20. The minimum absolute atomic E-state index is 0.00733. The first-order valence-electron chi connectivity index (χ1n) is 8.71. The van der Waals surface area contributed by atoms with Gasteiger partial charge in [0.15, 0.2) is 0 Å². The number of benzene rings is 2. The van der Waals surface area contributed by atoms with Crippen molar-refractivity contribution in [3.63, 3.8) is 0 Å². The fraction of sp³-hybridized carbons (Fsp3) is 0.368. The third kappa shape index (κ3) is 4.09. The predicted molar refractivity (Wildman–Crippen MR) is 100 cm³/mol. The number of hydrogen-bond acceptors (Lipinski definition) is 4. The quantitative estimate of drug-likeness (QED) is 0.646. The van der Waals surface area contributed by atoms with Crippen molar-refractivity contribution in [1.82, 2.24) is 0 Å². The molecule has 25 heavy (non-hydrogen) atoms. The highest BCUT2D eigenvalue weighted by Crippen LogP contribution is 2.32. The molecule has 0 saturated carbocycles. The summed E-state index contributed by atoms with van der Waals surface area (Å²) in [5, 5.41) is 14.7. The minimum Gasteiger partial charge on any atom is -0.373 e. The van der Waals surface area contributed by atoms with Crippen molar-refractivity contribution in [2.24, 2.45) is 0 Å². The van der Waals surface area contributed by atoms with Crippen LogP contribution in [-0.4, -0.2) is 38.2 Å². The van der Waals surface area contributed by atoms with Crippen LogP contribution in [0.1, 0.15) is 18.5 Å². The van der Waals surface area contributed by atoms with Gasteiger partial charge in [0.2, 0.25) is 0 Å². The molecule has 0 aromatic heterocycles. The number of piperazine rings is 1. The molecule has 0 spiro atoms. The largest absolute Gasteiger partial charge is 0.373 e. The summed E-state index contributed by atoms with van der Waals surface area (Å²) in [7, 11) is 2.20. The molecule has 1 saturated heterocycles. The molecule has 0 aliphatic carbocycles. The van der Waals surface area contributed by atoms with Crippen LogP contribution in [0.25, 0.3) is 0 Å². The van der Waals surface area contributed by atoms with Gasteiger partial charge in [-0.2, -0.15) is 0 Å². The van der Waals surface area contributed by atoms with Crippen LogP contribution in [-0.2, 0) is 0 Å². The maximum absolute atomic E-state index is 11.4. The Morgan fingerprint density at radius 2 is 1.84 bits per heavy atom. The second-order valence-corrected chi connectivity index (χ2v) is 6.68. The second kappa shape index (κ2) is 7.53. The zero-order valence-corrected chi connectivity index (χ0v) is 14.7. The molecule has 0 unspecified atom stereocenters. The molecule has 1 atom stereocenters. The van der Waals surface area contributed by atoms with Crippen LogP contribution in [0, 0.1) is 10.1 Å². The summed E-state index contributed by atoms with van der Waals surface area (Å²) < 4.78 is 0. The number of likely N-dealkylation sites (N-methyl/N-ethyl adjacent to an activating group) is 1. The van der Waals surface area contributed by atoms with E-state index in [9.17, 15) is 10.1 Å². The van der Waals surface area contributed by atoms with Crippen molar-refractivity contribution in [1.29, 1.82) is 0 Å². The van der Waals surface area contributed by atoms with E-state index in [1.54, 1.807) is 6.07 Å². The molecule has 6 nitrogen and oxygen atoms in total. The lowest BCUT2D eigenvalue weighted by Crippen LogP contribution is -3.12. The molecule has 1 aliphatic rings. The summed E-state index contributed by atoms with van der Waals surface area (Å²) in [5.74, 6) is 0. The van der Waals surface area contributed by atoms with Crippen molar-refractivity contribution in [2.45, 2.75) is 13.0 Å². The first-order chi connectivity index (χ1) is 12.0. The number of nitrogens with one attached hydrogen (secondary N) is 2. The van der Waals surface area contributed by atoms with Crippen LogP contribution < -0.4 is 15.1 Å². The van der Waals surface area contributed by atoms with E-state index in [1.165, 1.54) is 4.90 Å². The van der Waals surface area contributed by atoms with E-state index in [4.69, 9.17) is 0 Å². The van der Waals surface area contributed by atoms with E-state index in [0.29, 0.717) is 5.69 Å². The van der Waals surface area contributed by atoms with Gasteiger partial charge in [-0.15, -0.1) is 0 Å². The van der Waals surface area contributed by atoms with E-state index in [1.807, 2.05) is 49.4 Å². The monoisotopic (exact) mass is 341 g/mol. The van der Waals surface area contributed by atoms with Crippen LogP contribution in [0.5, 0.6) is 0 Å². The van der Waals surface area contributed by atoms with Crippen LogP contribution in [0.15, 0.2) is 48.5 Å². The molecule has 2 aromatic carbocycles. The Kier molecular flexibility index (Phi) is 5.19. The first kappa shape index (κ1) is 17.2. The zero-order chi connectivity index (χ0) is 17.8. The topological polar surface area (TPSA) is 62.8 Å². The Bertz CT molecular complexity index is 727. The number of hydrogen-bond donors (Lipinski definition) is 2. The Hall–Kier alpha value is -2.60. The van der Waals surface area contributed by atoms with Crippen LogP contribution in [0.2, 0.25) is 0 Å². The van der Waals surface area contributed by atoms with Crippen molar-refractivity contribution in [2.75, 3.05) is 43.4 Å². The number of rotatable bonds is 5. The summed E-state index contributed by atoms with van der Waals surface area (Å²) in [5.41, 5.74) is 2.84. The van der Waals surface area contributed by atoms with E-state index in [-0.39, 0.29) is 16.7 Å². The third-order valence-corrected chi connectivity index (χ3v) is 4.83. The Morgan fingerprint density at radius 1 is 1.16 bits per heavy atom. The fourth-order valence-corrected chi connectivity index (χ4v) is 3.20. The molecule has 1 heterocycles. The lowest BCUT2D eigenvalue weighted by molar-refractivity contribution is -0.880. The van der Waals surface area contributed by atoms with Gasteiger partial charge in [0.25, 0.3) is 5.69 Å². The van der Waals surface area contributed by atoms with Gasteiger partial charge >= 0.3 is 0 Å². The van der Waals surface area contributed by atoms with Gasteiger partial charge in [-0.1, -0.05) is 30.3 Å². The second-order valence-electron chi connectivity index (χ2n) is 6.68. The average Bonchev–Trinajstić information content (AvgIpc) is 2.63. The smallest absolute Gasteiger partial charge is 0.292 e. The van der Waals surface area contributed by atoms with E-state index >= 15 is 0 Å². The molecule has 2 N–H and O–H groups in total. The van der Waals surface area contributed by atoms with Gasteiger partial charge in [0.1, 0.15) is 5.69 Å². The maximum atomic E-state index is 11.4. The molecular weight excluding hydrogens is 316 g/mol. The summed E-state index contributed by atoms with van der Waals surface area (Å²) in [6.07, 6.45) is 0. The van der Waals surface area contributed by atoms with Crippen LogP contribution in [0.3, 0.4) is 0 Å². The predicted octanol–water partition coefficient (Wildman–Crippen LogP) is 2.10. The molecule has 0 radical (unpaired) electrons. The van der Waals surface area contributed by atoms with E-state index in [2.05, 4.69) is 17.3 Å². The number of nitrogens with zero attached hydrogens (tertiary/aromatic N) is 2. The average molecular weight is 341 g/mol. The number of nitro groups is 1. The SMILES string of the molecule is C[C@H](Nc1cc(N2CC[NH+](C)CC2)ccc1[N+](=O)[O-])c1ccccc1. The highest BCUT2D eigenvalue weighted by atomic mass is 16.6. The molecule has 2 aromatic rings. The number of nitro benzene ring substituents is 1. The van der Waals surface area contributed by atoms with Gasteiger partial charge in [-0.25, -0.2) is 0 Å². The molecule has 1 fully saturated rings. The highest BCUT2D eigenvalue weighted by Gasteiger charge is 2.21. The summed E-state index contributed by atoms with van der Waals surface area (Å²) in [4.78, 5) is 14.9. The van der Waals surface area contributed by atoms with Gasteiger partial charge < -0.3 is 15.1 Å². The maximum Gasteiger partial charge on any atom is 0.292 e. The minimum atomic E-state index is -0.321. The van der Waals surface area contributed by atoms with Crippen molar-refractivity contribution in [3.05, 3.63) is 64.2 Å². The highest BCUT2D eigenvalue weighted by molar-refractivity contribution is 5.69. The van der Waals surface area contributed by atoms with Crippen molar-refractivity contribution in [3.8, 4) is 0 Å². The molecule has 3 rings (SSSR count). The Labute approximate surface area is 148 Å². The summed E-state index contributed by atoms with van der Waals surface area (Å²) in [6.45, 7) is 6.12. The summed E-state index contributed by atoms with van der Waals surface area (Å²) in [6, 6.07) is 15.3.